The van der Waals surface area contributed by atoms with Crippen LogP contribution in [0.15, 0.2) is 30.3 Å². The fraction of sp³-hybridized carbons (Fsp3) is 0.450. The third-order valence-corrected chi connectivity index (χ3v) is 4.51. The zero-order valence-corrected chi connectivity index (χ0v) is 16.2. The van der Waals surface area contributed by atoms with Crippen LogP contribution in [0.2, 0.25) is 0 Å². The topological polar surface area (TPSA) is 79.4 Å². The first-order valence-electron chi connectivity index (χ1n) is 9.41. The van der Waals surface area contributed by atoms with Crippen LogP contribution < -0.4 is 20.3 Å². The molecule has 7 heteroatoms. The molecule has 0 spiro atoms. The molecule has 0 saturated carbocycles. The molecule has 2 N–H and O–H groups in total. The van der Waals surface area contributed by atoms with E-state index >= 15 is 0 Å². The highest BCUT2D eigenvalue weighted by Crippen LogP contribution is 2.18. The number of piperidine rings is 1. The van der Waals surface area contributed by atoms with Gasteiger partial charge >= 0.3 is 6.03 Å². The number of nitrogens with zero attached hydrogens (tertiary/aromatic N) is 3. The molecule has 0 radical (unpaired) electrons. The number of rotatable bonds is 5. The number of aryl methyl sites for hydroxylation is 2. The molecule has 0 atom stereocenters. The maximum Gasteiger partial charge on any atom is 0.319 e. The van der Waals surface area contributed by atoms with Gasteiger partial charge in [0, 0.05) is 36.2 Å². The summed E-state index contributed by atoms with van der Waals surface area (Å²) in [6.45, 7) is 8.19. The third kappa shape index (κ3) is 5.32. The lowest BCUT2D eigenvalue weighted by Crippen LogP contribution is -2.46. The first kappa shape index (κ1) is 18.9. The van der Waals surface area contributed by atoms with Gasteiger partial charge in [-0.2, -0.15) is 0 Å². The average molecular weight is 369 g/mol. The van der Waals surface area contributed by atoms with Crippen LogP contribution in [0.5, 0.6) is 5.75 Å². The number of urea groups is 1. The van der Waals surface area contributed by atoms with Crippen molar-refractivity contribution in [3.63, 3.8) is 0 Å². The third-order valence-electron chi connectivity index (χ3n) is 4.51. The number of amides is 2. The van der Waals surface area contributed by atoms with Crippen molar-refractivity contribution in [2.24, 2.45) is 0 Å². The highest BCUT2D eigenvalue weighted by molar-refractivity contribution is 5.89. The molecule has 7 nitrogen and oxygen atoms in total. The van der Waals surface area contributed by atoms with Crippen molar-refractivity contribution in [2.75, 3.05) is 29.9 Å². The number of nitrogens with one attached hydrogen (secondary N) is 2. The van der Waals surface area contributed by atoms with Gasteiger partial charge < -0.3 is 20.3 Å². The molecule has 3 rings (SSSR count). The summed E-state index contributed by atoms with van der Waals surface area (Å²) in [5, 5.41) is 5.93. The van der Waals surface area contributed by atoms with Gasteiger partial charge in [-0.1, -0.05) is 0 Å². The molecular weight excluding hydrogens is 342 g/mol. The fourth-order valence-corrected chi connectivity index (χ4v) is 3.23. The summed E-state index contributed by atoms with van der Waals surface area (Å²) in [7, 11) is 0. The number of hydrogen-bond donors (Lipinski definition) is 2. The Bertz CT molecular complexity index is 750. The molecule has 0 bridgehead atoms. The van der Waals surface area contributed by atoms with E-state index in [1.54, 1.807) is 0 Å². The van der Waals surface area contributed by atoms with Crippen LogP contribution in [0.25, 0.3) is 0 Å². The van der Waals surface area contributed by atoms with Gasteiger partial charge in [-0.15, -0.1) is 0 Å². The summed E-state index contributed by atoms with van der Waals surface area (Å²) in [5.74, 6) is 1.58. The Morgan fingerprint density at radius 2 is 1.78 bits per heavy atom. The molecule has 1 aromatic heterocycles. The number of hydrogen-bond acceptors (Lipinski definition) is 5. The molecule has 144 valence electrons. The van der Waals surface area contributed by atoms with Gasteiger partial charge in [-0.05, 0) is 63.9 Å². The Kier molecular flexibility index (Phi) is 6.11. The molecule has 1 saturated heterocycles. The highest BCUT2D eigenvalue weighted by atomic mass is 16.5. The van der Waals surface area contributed by atoms with Crippen molar-refractivity contribution in [3.8, 4) is 5.75 Å². The first-order chi connectivity index (χ1) is 13.0. The van der Waals surface area contributed by atoms with Crippen molar-refractivity contribution in [3.05, 3.63) is 41.7 Å². The first-order valence-corrected chi connectivity index (χ1v) is 9.41. The Balaban J connectivity index is 1.47. The lowest BCUT2D eigenvalue weighted by atomic mass is 10.1. The van der Waals surface area contributed by atoms with Gasteiger partial charge in [0.1, 0.15) is 5.75 Å². The minimum absolute atomic E-state index is 0.148. The number of carbonyl (C=O) groups excluding carboxylic acids is 1. The van der Waals surface area contributed by atoms with Gasteiger partial charge in [-0.3, -0.25) is 0 Å². The summed E-state index contributed by atoms with van der Waals surface area (Å²) >= 11 is 0. The number of aromatic nitrogens is 2. The smallest absolute Gasteiger partial charge is 0.319 e. The summed E-state index contributed by atoms with van der Waals surface area (Å²) in [6, 6.07) is 9.32. The monoisotopic (exact) mass is 369 g/mol. The number of ether oxygens (including phenoxy) is 1. The van der Waals surface area contributed by atoms with Crippen LogP contribution in [0.1, 0.15) is 31.2 Å². The average Bonchev–Trinajstić information content (AvgIpc) is 2.63. The number of carbonyl (C=O) groups is 1. The molecule has 2 aromatic rings. The second-order valence-electron chi connectivity index (χ2n) is 6.77. The molecule has 27 heavy (non-hydrogen) atoms. The number of anilines is 2. The van der Waals surface area contributed by atoms with Crippen LogP contribution in [0.4, 0.5) is 16.4 Å². The lowest BCUT2D eigenvalue weighted by Gasteiger charge is -2.32. The van der Waals surface area contributed by atoms with Gasteiger partial charge in [-0.25, -0.2) is 14.8 Å². The summed E-state index contributed by atoms with van der Waals surface area (Å²) in [6.07, 6.45) is 1.74. The van der Waals surface area contributed by atoms with Crippen LogP contribution in [0.3, 0.4) is 0 Å². The van der Waals surface area contributed by atoms with E-state index < -0.39 is 0 Å². The quantitative estimate of drug-likeness (QED) is 0.845. The predicted octanol–water partition coefficient (Wildman–Crippen LogP) is 3.28. The molecule has 2 amide bonds. The Labute approximate surface area is 160 Å². The van der Waals surface area contributed by atoms with Gasteiger partial charge in [0.05, 0.1) is 6.61 Å². The standard InChI is InChI=1S/C20H27N5O2/c1-4-27-18-7-5-16(6-8-18)23-20(26)24-17-9-11-25(12-10-17)19-21-14(2)13-15(3)22-19/h5-8,13,17H,4,9-12H2,1-3H3,(H2,23,24,26). The fourth-order valence-electron chi connectivity index (χ4n) is 3.23. The minimum atomic E-state index is -0.180. The Morgan fingerprint density at radius 1 is 1.15 bits per heavy atom. The largest absolute Gasteiger partial charge is 0.494 e. The maximum atomic E-state index is 12.2. The zero-order valence-electron chi connectivity index (χ0n) is 16.2. The van der Waals surface area contributed by atoms with Crippen molar-refractivity contribution >= 4 is 17.7 Å². The van der Waals surface area contributed by atoms with E-state index in [0.29, 0.717) is 6.61 Å². The van der Waals surface area contributed by atoms with Gasteiger partial charge in [0.25, 0.3) is 0 Å². The van der Waals surface area contributed by atoms with E-state index in [9.17, 15) is 4.79 Å². The van der Waals surface area contributed by atoms with Crippen molar-refractivity contribution in [2.45, 2.75) is 39.7 Å². The molecule has 1 aliphatic heterocycles. The van der Waals surface area contributed by atoms with E-state index in [2.05, 4.69) is 25.5 Å². The maximum absolute atomic E-state index is 12.2. The molecule has 0 unspecified atom stereocenters. The van der Waals surface area contributed by atoms with Crippen molar-refractivity contribution in [1.29, 1.82) is 0 Å². The molecule has 2 heterocycles. The second-order valence-corrected chi connectivity index (χ2v) is 6.77. The summed E-state index contributed by atoms with van der Waals surface area (Å²) in [5.41, 5.74) is 2.71. The van der Waals surface area contributed by atoms with E-state index in [-0.39, 0.29) is 12.1 Å². The van der Waals surface area contributed by atoms with E-state index in [4.69, 9.17) is 4.74 Å². The van der Waals surface area contributed by atoms with Crippen molar-refractivity contribution in [1.82, 2.24) is 15.3 Å². The van der Waals surface area contributed by atoms with Crippen LogP contribution in [-0.2, 0) is 0 Å². The Hall–Kier alpha value is -2.83. The summed E-state index contributed by atoms with van der Waals surface area (Å²) in [4.78, 5) is 23.5. The lowest BCUT2D eigenvalue weighted by molar-refractivity contribution is 0.246. The van der Waals surface area contributed by atoms with Crippen LogP contribution >= 0.6 is 0 Å². The predicted molar refractivity (Wildman–Crippen MR) is 107 cm³/mol. The molecule has 1 aromatic carbocycles. The van der Waals surface area contributed by atoms with Gasteiger partial charge in [0.2, 0.25) is 5.95 Å². The molecule has 1 aliphatic rings. The van der Waals surface area contributed by atoms with E-state index in [1.165, 1.54) is 0 Å². The van der Waals surface area contributed by atoms with Crippen LogP contribution in [0, 0.1) is 13.8 Å². The van der Waals surface area contributed by atoms with E-state index in [0.717, 1.165) is 54.7 Å². The second kappa shape index (κ2) is 8.70. The molecular formula is C20H27N5O2. The normalized spacial score (nSPS) is 14.7. The SMILES string of the molecule is CCOc1ccc(NC(=O)NC2CCN(c3nc(C)cc(C)n3)CC2)cc1. The molecule has 0 aliphatic carbocycles. The van der Waals surface area contributed by atoms with Crippen molar-refractivity contribution < 1.29 is 9.53 Å². The van der Waals surface area contributed by atoms with E-state index in [1.807, 2.05) is 51.1 Å². The number of benzene rings is 1. The van der Waals surface area contributed by atoms with Gasteiger partial charge in [0.15, 0.2) is 0 Å². The van der Waals surface area contributed by atoms with Crippen LogP contribution in [-0.4, -0.2) is 41.7 Å². The zero-order chi connectivity index (χ0) is 19.2. The summed E-state index contributed by atoms with van der Waals surface area (Å²) < 4.78 is 5.41. The highest BCUT2D eigenvalue weighted by Gasteiger charge is 2.22. The Morgan fingerprint density at radius 3 is 2.37 bits per heavy atom. The molecule has 1 fully saturated rings. The minimum Gasteiger partial charge on any atom is -0.494 e.